The van der Waals surface area contributed by atoms with Crippen molar-refractivity contribution in [2.24, 2.45) is 0 Å². The minimum atomic E-state index is 0.300. The lowest BCUT2D eigenvalue weighted by atomic mass is 10.2. The van der Waals surface area contributed by atoms with Crippen molar-refractivity contribution < 1.29 is 4.74 Å². The number of aromatic nitrogens is 4. The van der Waals surface area contributed by atoms with E-state index < -0.39 is 0 Å². The zero-order valence-corrected chi connectivity index (χ0v) is 16.0. The summed E-state index contributed by atoms with van der Waals surface area (Å²) >= 11 is 3.50. The summed E-state index contributed by atoms with van der Waals surface area (Å²) < 4.78 is 8.26. The molecule has 2 heterocycles. The molecule has 0 atom stereocenters. The number of imidazole rings is 1. The van der Waals surface area contributed by atoms with Gasteiger partial charge in [-0.15, -0.1) is 0 Å². The van der Waals surface area contributed by atoms with Crippen LogP contribution in [-0.4, -0.2) is 26.1 Å². The number of rotatable bonds is 8. The van der Waals surface area contributed by atoms with Crippen LogP contribution in [0.3, 0.4) is 0 Å². The quantitative estimate of drug-likeness (QED) is 0.411. The standard InChI is InChI=1S/C17H24BrN5O/c1-4-7-10-24-17-21-14(19)13-15(22-17)23(16(18)20-13)11-12(8-5-2)9-6-3/h5,8-9H,4,6-7,10-11H2,1-3H3,(H2,19,21,22)/b8-5-,12-9+. The van der Waals surface area contributed by atoms with Crippen LogP contribution in [0.25, 0.3) is 11.2 Å². The second-order valence-electron chi connectivity index (χ2n) is 5.42. The predicted molar refractivity (Wildman–Crippen MR) is 101 cm³/mol. The van der Waals surface area contributed by atoms with E-state index in [0.29, 0.717) is 40.9 Å². The third-order valence-corrected chi connectivity index (χ3v) is 4.08. The highest BCUT2D eigenvalue weighted by Gasteiger charge is 2.16. The molecule has 0 aliphatic rings. The number of nitrogens with two attached hydrogens (primary N) is 1. The molecule has 2 aromatic heterocycles. The van der Waals surface area contributed by atoms with Crippen molar-refractivity contribution >= 4 is 32.9 Å². The van der Waals surface area contributed by atoms with E-state index in [9.17, 15) is 0 Å². The Hall–Kier alpha value is -1.89. The molecule has 0 amide bonds. The van der Waals surface area contributed by atoms with Crippen LogP contribution in [-0.2, 0) is 6.54 Å². The Balaban J connectivity index is 2.41. The number of allylic oxidation sites excluding steroid dienone is 4. The molecular formula is C17H24BrN5O. The summed E-state index contributed by atoms with van der Waals surface area (Å²) in [7, 11) is 0. The fourth-order valence-electron chi connectivity index (χ4n) is 2.33. The van der Waals surface area contributed by atoms with Crippen molar-refractivity contribution in [3.63, 3.8) is 0 Å². The van der Waals surface area contributed by atoms with Crippen molar-refractivity contribution in [2.45, 2.75) is 46.6 Å². The number of hydrogen-bond donors (Lipinski definition) is 1. The summed E-state index contributed by atoms with van der Waals surface area (Å²) in [5.41, 5.74) is 8.48. The zero-order valence-electron chi connectivity index (χ0n) is 14.4. The largest absolute Gasteiger partial charge is 0.463 e. The van der Waals surface area contributed by atoms with Gasteiger partial charge < -0.3 is 10.5 Å². The summed E-state index contributed by atoms with van der Waals surface area (Å²) in [5.74, 6) is 0.331. The normalized spacial score (nSPS) is 12.4. The van der Waals surface area contributed by atoms with E-state index in [1.165, 1.54) is 5.57 Å². The van der Waals surface area contributed by atoms with Gasteiger partial charge in [0, 0.05) is 0 Å². The van der Waals surface area contributed by atoms with Crippen LogP contribution in [0.1, 0.15) is 40.0 Å². The van der Waals surface area contributed by atoms with E-state index in [4.69, 9.17) is 10.5 Å². The first kappa shape index (κ1) is 18.4. The molecule has 2 aromatic rings. The number of unbranched alkanes of at least 4 members (excludes halogenated alkanes) is 1. The Morgan fingerprint density at radius 1 is 1.29 bits per heavy atom. The summed E-state index contributed by atoms with van der Waals surface area (Å²) in [4.78, 5) is 13.2. The minimum Gasteiger partial charge on any atom is -0.463 e. The Morgan fingerprint density at radius 3 is 2.75 bits per heavy atom. The van der Waals surface area contributed by atoms with E-state index >= 15 is 0 Å². The number of fused-ring (bicyclic) bond motifs is 1. The number of hydrogen-bond acceptors (Lipinski definition) is 5. The maximum Gasteiger partial charge on any atom is 0.320 e. The molecule has 0 fully saturated rings. The van der Waals surface area contributed by atoms with Crippen LogP contribution in [0, 0.1) is 0 Å². The molecule has 6 nitrogen and oxygen atoms in total. The van der Waals surface area contributed by atoms with Gasteiger partial charge in [0.25, 0.3) is 0 Å². The van der Waals surface area contributed by atoms with Crippen molar-refractivity contribution in [1.29, 1.82) is 0 Å². The SMILES string of the molecule is C/C=C\C(=C/CC)Cn1c(Br)nc2c(N)nc(OCCCC)nc21. The van der Waals surface area contributed by atoms with E-state index in [1.54, 1.807) is 0 Å². The van der Waals surface area contributed by atoms with Gasteiger partial charge in [-0.2, -0.15) is 9.97 Å². The van der Waals surface area contributed by atoms with Crippen LogP contribution in [0.5, 0.6) is 6.01 Å². The van der Waals surface area contributed by atoms with Gasteiger partial charge in [0.15, 0.2) is 21.7 Å². The number of halogens is 1. The van der Waals surface area contributed by atoms with Crippen molar-refractivity contribution in [3.05, 3.63) is 28.5 Å². The predicted octanol–water partition coefficient (Wildman–Crippen LogP) is 4.26. The third-order valence-electron chi connectivity index (χ3n) is 3.47. The third kappa shape index (κ3) is 4.35. The molecule has 0 aliphatic heterocycles. The molecule has 0 unspecified atom stereocenters. The van der Waals surface area contributed by atoms with Crippen molar-refractivity contribution in [1.82, 2.24) is 19.5 Å². The fourth-order valence-corrected chi connectivity index (χ4v) is 2.80. The van der Waals surface area contributed by atoms with Gasteiger partial charge in [0.2, 0.25) is 0 Å². The van der Waals surface area contributed by atoms with E-state index in [1.807, 2.05) is 17.6 Å². The van der Waals surface area contributed by atoms with Gasteiger partial charge in [-0.25, -0.2) is 4.98 Å². The summed E-state index contributed by atoms with van der Waals surface area (Å²) in [6, 6.07) is 0.300. The number of anilines is 1. The van der Waals surface area contributed by atoms with Gasteiger partial charge in [0.1, 0.15) is 0 Å². The highest BCUT2D eigenvalue weighted by molar-refractivity contribution is 9.10. The van der Waals surface area contributed by atoms with Crippen LogP contribution < -0.4 is 10.5 Å². The van der Waals surface area contributed by atoms with E-state index in [-0.39, 0.29) is 0 Å². The first-order chi connectivity index (χ1) is 11.6. The second kappa shape index (κ2) is 8.82. The fraction of sp³-hybridized carbons (Fsp3) is 0.471. The average Bonchev–Trinajstić information content (AvgIpc) is 2.85. The average molecular weight is 394 g/mol. The first-order valence-corrected chi connectivity index (χ1v) is 9.03. The highest BCUT2D eigenvalue weighted by Crippen LogP contribution is 2.25. The van der Waals surface area contributed by atoms with Crippen LogP contribution in [0.2, 0.25) is 0 Å². The minimum absolute atomic E-state index is 0.300. The van der Waals surface area contributed by atoms with E-state index in [0.717, 1.165) is 19.3 Å². The highest BCUT2D eigenvalue weighted by atomic mass is 79.9. The zero-order chi connectivity index (χ0) is 17.5. The van der Waals surface area contributed by atoms with E-state index in [2.05, 4.69) is 56.9 Å². The number of ether oxygens (including phenoxy) is 1. The van der Waals surface area contributed by atoms with Crippen LogP contribution in [0.15, 0.2) is 28.5 Å². The van der Waals surface area contributed by atoms with Crippen molar-refractivity contribution in [2.75, 3.05) is 12.3 Å². The molecule has 0 saturated carbocycles. The lowest BCUT2D eigenvalue weighted by Crippen LogP contribution is -2.06. The Bertz CT molecular complexity index is 751. The molecule has 0 aliphatic carbocycles. The monoisotopic (exact) mass is 393 g/mol. The lowest BCUT2D eigenvalue weighted by Gasteiger charge is -2.08. The molecular weight excluding hydrogens is 370 g/mol. The molecule has 24 heavy (non-hydrogen) atoms. The van der Waals surface area contributed by atoms with Crippen LogP contribution in [0.4, 0.5) is 5.82 Å². The van der Waals surface area contributed by atoms with Crippen LogP contribution >= 0.6 is 15.9 Å². The molecule has 0 spiro atoms. The molecule has 0 bridgehead atoms. The Morgan fingerprint density at radius 2 is 2.08 bits per heavy atom. The number of nitrogens with zero attached hydrogens (tertiary/aromatic N) is 4. The Kier molecular flexibility index (Phi) is 6.78. The van der Waals surface area contributed by atoms with Gasteiger partial charge in [0.05, 0.1) is 13.2 Å². The Labute approximate surface area is 151 Å². The maximum atomic E-state index is 6.04. The number of nitrogen functional groups attached to an aromatic ring is 1. The van der Waals surface area contributed by atoms with Gasteiger partial charge >= 0.3 is 6.01 Å². The molecule has 130 valence electrons. The maximum absolute atomic E-state index is 6.04. The second-order valence-corrected chi connectivity index (χ2v) is 6.13. The molecule has 2 rings (SSSR count). The smallest absolute Gasteiger partial charge is 0.320 e. The molecule has 2 N–H and O–H groups in total. The topological polar surface area (TPSA) is 78.9 Å². The summed E-state index contributed by atoms with van der Waals surface area (Å²) in [5, 5.41) is 0. The molecule has 7 heteroatoms. The molecule has 0 saturated heterocycles. The lowest BCUT2D eigenvalue weighted by molar-refractivity contribution is 0.286. The molecule has 0 radical (unpaired) electrons. The van der Waals surface area contributed by atoms with Gasteiger partial charge in [-0.05, 0) is 41.3 Å². The first-order valence-electron chi connectivity index (χ1n) is 8.24. The summed E-state index contributed by atoms with van der Waals surface area (Å²) in [6.45, 7) is 7.46. The molecule has 0 aromatic carbocycles. The van der Waals surface area contributed by atoms with Crippen molar-refractivity contribution in [3.8, 4) is 6.01 Å². The van der Waals surface area contributed by atoms with Gasteiger partial charge in [-0.3, -0.25) is 4.57 Å². The van der Waals surface area contributed by atoms with Gasteiger partial charge in [-0.1, -0.05) is 38.5 Å². The summed E-state index contributed by atoms with van der Waals surface area (Å²) in [6.07, 6.45) is 9.26.